The molecule has 1 aromatic rings. The lowest BCUT2D eigenvalue weighted by atomic mass is 9.99. The maximum atomic E-state index is 6.36. The first-order valence-electron chi connectivity index (χ1n) is 5.91. The number of thiophene rings is 1. The molecule has 1 aromatic heterocycles. The number of halogens is 1. The number of rotatable bonds is 1. The van der Waals surface area contributed by atoms with Crippen molar-refractivity contribution in [3.8, 4) is 0 Å². The molecular weight excluding hydrogens is 286 g/mol. The van der Waals surface area contributed by atoms with E-state index in [4.69, 9.17) is 4.74 Å². The van der Waals surface area contributed by atoms with Crippen LogP contribution in [-0.4, -0.2) is 18.7 Å². The maximum Gasteiger partial charge on any atom is 0.105 e. The monoisotopic (exact) mass is 301 g/mol. The van der Waals surface area contributed by atoms with Crippen LogP contribution in [0.3, 0.4) is 0 Å². The Balaban J connectivity index is 1.77. The predicted molar refractivity (Wildman–Crippen MR) is 69.9 cm³/mol. The highest BCUT2D eigenvalue weighted by atomic mass is 79.9. The van der Waals surface area contributed by atoms with Crippen molar-refractivity contribution in [2.45, 2.75) is 37.4 Å². The summed E-state index contributed by atoms with van der Waals surface area (Å²) >= 11 is 5.30. The third kappa shape index (κ3) is 2.08. The molecule has 1 saturated heterocycles. The van der Waals surface area contributed by atoms with Crippen LogP contribution >= 0.6 is 27.3 Å². The van der Waals surface area contributed by atoms with Gasteiger partial charge in [-0.3, -0.25) is 0 Å². The van der Waals surface area contributed by atoms with Crippen LogP contribution in [0, 0.1) is 0 Å². The van der Waals surface area contributed by atoms with Crippen LogP contribution in [0.5, 0.6) is 0 Å². The van der Waals surface area contributed by atoms with E-state index in [0.29, 0.717) is 0 Å². The molecule has 1 aliphatic heterocycles. The molecule has 2 nitrogen and oxygen atoms in total. The molecular formula is C12H16BrNOS. The minimum absolute atomic E-state index is 0.138. The lowest BCUT2D eigenvalue weighted by Gasteiger charge is -2.39. The number of ether oxygens (including phenoxy) is 1. The van der Waals surface area contributed by atoms with Crippen molar-refractivity contribution < 1.29 is 4.74 Å². The Labute approximate surface area is 109 Å². The molecule has 1 N–H and O–H groups in total. The Bertz CT molecular complexity index is 373. The van der Waals surface area contributed by atoms with Crippen molar-refractivity contribution in [3.05, 3.63) is 20.8 Å². The standard InChI is InChI=1S/C12H16BrNOS/c13-11-4-3-10(16-11)9-7-14-8-12(15-9)5-1-2-6-12/h3-4,9,14H,1-2,5-8H2. The molecule has 0 bridgehead atoms. The minimum atomic E-state index is 0.138. The van der Waals surface area contributed by atoms with Gasteiger partial charge in [-0.15, -0.1) is 11.3 Å². The van der Waals surface area contributed by atoms with Gasteiger partial charge in [0.15, 0.2) is 0 Å². The summed E-state index contributed by atoms with van der Waals surface area (Å²) in [6.45, 7) is 1.99. The molecule has 1 aliphatic carbocycles. The molecule has 2 heterocycles. The van der Waals surface area contributed by atoms with E-state index in [1.54, 1.807) is 11.3 Å². The van der Waals surface area contributed by atoms with E-state index in [1.165, 1.54) is 34.3 Å². The maximum absolute atomic E-state index is 6.36. The average molecular weight is 302 g/mol. The molecule has 0 amide bonds. The van der Waals surface area contributed by atoms with Crippen LogP contribution < -0.4 is 5.32 Å². The van der Waals surface area contributed by atoms with Crippen molar-refractivity contribution in [1.82, 2.24) is 5.32 Å². The van der Waals surface area contributed by atoms with Gasteiger partial charge in [-0.2, -0.15) is 0 Å². The largest absolute Gasteiger partial charge is 0.364 e. The molecule has 4 heteroatoms. The third-order valence-corrected chi connectivity index (χ3v) is 5.31. The molecule has 1 saturated carbocycles. The first kappa shape index (κ1) is 11.2. The highest BCUT2D eigenvalue weighted by molar-refractivity contribution is 9.11. The third-order valence-electron chi connectivity index (χ3n) is 3.60. The molecule has 3 rings (SSSR count). The zero-order valence-corrected chi connectivity index (χ0v) is 11.6. The van der Waals surface area contributed by atoms with Gasteiger partial charge in [-0.05, 0) is 40.9 Å². The lowest BCUT2D eigenvalue weighted by Crippen LogP contribution is -2.48. The molecule has 1 unspecified atom stereocenters. The Kier molecular flexibility index (Phi) is 3.09. The quantitative estimate of drug-likeness (QED) is 0.857. The summed E-state index contributed by atoms with van der Waals surface area (Å²) in [5.74, 6) is 0. The SMILES string of the molecule is Brc1ccc(C2CNCC3(CCCC3)O2)s1. The average Bonchev–Trinajstić information content (AvgIpc) is 2.89. The Hall–Kier alpha value is 0.1000. The Morgan fingerprint density at radius 3 is 2.88 bits per heavy atom. The minimum Gasteiger partial charge on any atom is -0.364 e. The van der Waals surface area contributed by atoms with E-state index in [1.807, 2.05) is 0 Å². The molecule has 2 fully saturated rings. The first-order valence-corrected chi connectivity index (χ1v) is 7.52. The number of hydrogen-bond donors (Lipinski definition) is 1. The second-order valence-corrected chi connectivity index (χ2v) is 7.26. The molecule has 1 spiro atoms. The van der Waals surface area contributed by atoms with Crippen molar-refractivity contribution in [2.75, 3.05) is 13.1 Å². The zero-order chi connectivity index (χ0) is 11.0. The van der Waals surface area contributed by atoms with E-state index in [2.05, 4.69) is 33.4 Å². The molecule has 88 valence electrons. The van der Waals surface area contributed by atoms with Crippen LogP contribution in [0.15, 0.2) is 15.9 Å². The summed E-state index contributed by atoms with van der Waals surface area (Å²) in [6.07, 6.45) is 5.35. The van der Waals surface area contributed by atoms with Gasteiger partial charge in [-0.1, -0.05) is 12.8 Å². The van der Waals surface area contributed by atoms with E-state index < -0.39 is 0 Å². The van der Waals surface area contributed by atoms with Gasteiger partial charge in [0.2, 0.25) is 0 Å². The topological polar surface area (TPSA) is 21.3 Å². The highest BCUT2D eigenvalue weighted by Gasteiger charge is 2.40. The van der Waals surface area contributed by atoms with Crippen molar-refractivity contribution in [1.29, 1.82) is 0 Å². The normalized spacial score (nSPS) is 28.7. The van der Waals surface area contributed by atoms with E-state index in [-0.39, 0.29) is 11.7 Å². The molecule has 16 heavy (non-hydrogen) atoms. The first-order chi connectivity index (χ1) is 7.77. The van der Waals surface area contributed by atoms with Crippen LogP contribution in [-0.2, 0) is 4.74 Å². The number of hydrogen-bond acceptors (Lipinski definition) is 3. The summed E-state index contributed by atoms with van der Waals surface area (Å²) in [7, 11) is 0. The number of morpholine rings is 1. The van der Waals surface area contributed by atoms with Gasteiger partial charge >= 0.3 is 0 Å². The smallest absolute Gasteiger partial charge is 0.105 e. The summed E-state index contributed by atoms with van der Waals surface area (Å²) in [5.41, 5.74) is 0.138. The second kappa shape index (κ2) is 4.41. The predicted octanol–water partition coefficient (Wildman–Crippen LogP) is 3.48. The van der Waals surface area contributed by atoms with Crippen LogP contribution in [0.1, 0.15) is 36.7 Å². The zero-order valence-electron chi connectivity index (χ0n) is 9.17. The van der Waals surface area contributed by atoms with Crippen molar-refractivity contribution in [2.24, 2.45) is 0 Å². The second-order valence-electron chi connectivity index (χ2n) is 4.77. The fourth-order valence-electron chi connectivity index (χ4n) is 2.79. The molecule has 2 aliphatic rings. The van der Waals surface area contributed by atoms with Crippen molar-refractivity contribution >= 4 is 27.3 Å². The van der Waals surface area contributed by atoms with E-state index in [9.17, 15) is 0 Å². The summed E-state index contributed by atoms with van der Waals surface area (Å²) in [6, 6.07) is 4.29. The van der Waals surface area contributed by atoms with Gasteiger partial charge < -0.3 is 10.1 Å². The molecule has 0 aromatic carbocycles. The Morgan fingerprint density at radius 2 is 2.19 bits per heavy atom. The molecule has 0 radical (unpaired) electrons. The fraction of sp³-hybridized carbons (Fsp3) is 0.667. The summed E-state index contributed by atoms with van der Waals surface area (Å²) < 4.78 is 7.55. The highest BCUT2D eigenvalue weighted by Crippen LogP contribution is 2.40. The van der Waals surface area contributed by atoms with E-state index in [0.717, 1.165) is 13.1 Å². The van der Waals surface area contributed by atoms with Crippen LogP contribution in [0.2, 0.25) is 0 Å². The van der Waals surface area contributed by atoms with Crippen LogP contribution in [0.4, 0.5) is 0 Å². The summed E-state index contributed by atoms with van der Waals surface area (Å²) in [5, 5.41) is 3.54. The van der Waals surface area contributed by atoms with Gasteiger partial charge in [0.1, 0.15) is 6.10 Å². The van der Waals surface area contributed by atoms with Gasteiger partial charge in [0, 0.05) is 18.0 Å². The lowest BCUT2D eigenvalue weighted by molar-refractivity contribution is -0.113. The molecule has 1 atom stereocenters. The van der Waals surface area contributed by atoms with Gasteiger partial charge in [0.25, 0.3) is 0 Å². The van der Waals surface area contributed by atoms with Crippen molar-refractivity contribution in [3.63, 3.8) is 0 Å². The Morgan fingerprint density at radius 1 is 1.38 bits per heavy atom. The van der Waals surface area contributed by atoms with Gasteiger partial charge in [0.05, 0.1) is 9.39 Å². The van der Waals surface area contributed by atoms with Gasteiger partial charge in [-0.25, -0.2) is 0 Å². The fourth-order valence-corrected chi connectivity index (χ4v) is 4.24. The number of nitrogens with one attached hydrogen (secondary N) is 1. The van der Waals surface area contributed by atoms with Crippen LogP contribution in [0.25, 0.3) is 0 Å². The summed E-state index contributed by atoms with van der Waals surface area (Å²) in [4.78, 5) is 1.34. The van der Waals surface area contributed by atoms with E-state index >= 15 is 0 Å².